The van der Waals surface area contributed by atoms with Crippen LogP contribution in [0.4, 0.5) is 0 Å². The van der Waals surface area contributed by atoms with Gasteiger partial charge in [0, 0.05) is 12.8 Å². The first kappa shape index (κ1) is 25.2. The van der Waals surface area contributed by atoms with Gasteiger partial charge in [-0.2, -0.15) is 0 Å². The average molecular weight is 405 g/mol. The Morgan fingerprint density at radius 1 is 0.586 bits per heavy atom. The topological polar surface area (TPSA) is 63.6 Å². The Kier molecular flexibility index (Phi) is 15.8. The Balaban J connectivity index is 1.75. The van der Waals surface area contributed by atoms with Gasteiger partial charge in [-0.25, -0.2) is 0 Å². The summed E-state index contributed by atoms with van der Waals surface area (Å²) < 4.78 is 5.29. The average Bonchev–Trinajstić information content (AvgIpc) is 2.71. The number of benzene rings is 1. The maximum absolute atomic E-state index is 11.7. The number of carbonyl (C=O) groups excluding carboxylic acids is 1. The lowest BCUT2D eigenvalue weighted by atomic mass is 10.0. The molecule has 29 heavy (non-hydrogen) atoms. The van der Waals surface area contributed by atoms with E-state index in [4.69, 9.17) is 9.84 Å². The van der Waals surface area contributed by atoms with Gasteiger partial charge in [0.1, 0.15) is 5.75 Å². The van der Waals surface area contributed by atoms with E-state index >= 15 is 0 Å². The summed E-state index contributed by atoms with van der Waals surface area (Å²) in [6.45, 7) is 0. The molecule has 0 fully saturated rings. The van der Waals surface area contributed by atoms with Gasteiger partial charge in [0.25, 0.3) is 0 Å². The Bertz CT molecular complexity index is 527. The second-order valence-corrected chi connectivity index (χ2v) is 7.98. The minimum atomic E-state index is -0.673. The molecule has 164 valence electrons. The van der Waals surface area contributed by atoms with Crippen molar-refractivity contribution in [2.75, 3.05) is 0 Å². The van der Waals surface area contributed by atoms with Crippen molar-refractivity contribution < 1.29 is 19.4 Å². The summed E-state index contributed by atoms with van der Waals surface area (Å²) in [5.41, 5.74) is 0. The van der Waals surface area contributed by atoms with Crippen LogP contribution in [0.3, 0.4) is 0 Å². The molecule has 4 nitrogen and oxygen atoms in total. The van der Waals surface area contributed by atoms with Crippen molar-refractivity contribution >= 4 is 11.9 Å². The van der Waals surface area contributed by atoms with E-state index in [0.29, 0.717) is 18.6 Å². The van der Waals surface area contributed by atoms with Gasteiger partial charge in [0.15, 0.2) is 0 Å². The molecule has 0 saturated heterocycles. The number of para-hydroxylation sites is 1. The number of unbranched alkanes of at least 4 members (excludes halogenated alkanes) is 14. The molecule has 0 aliphatic rings. The molecule has 0 aliphatic heterocycles. The molecule has 1 rings (SSSR count). The summed E-state index contributed by atoms with van der Waals surface area (Å²) in [7, 11) is 0. The fourth-order valence-electron chi connectivity index (χ4n) is 3.51. The van der Waals surface area contributed by atoms with Gasteiger partial charge in [-0.05, 0) is 25.0 Å². The predicted molar refractivity (Wildman–Crippen MR) is 118 cm³/mol. The van der Waals surface area contributed by atoms with E-state index in [1.165, 1.54) is 70.6 Å². The van der Waals surface area contributed by atoms with E-state index < -0.39 is 5.97 Å². The summed E-state index contributed by atoms with van der Waals surface area (Å²) in [6, 6.07) is 9.27. The van der Waals surface area contributed by atoms with Crippen LogP contribution in [0.15, 0.2) is 30.3 Å². The number of aliphatic carboxylic acids is 1. The number of esters is 1. The second-order valence-electron chi connectivity index (χ2n) is 7.98. The Morgan fingerprint density at radius 3 is 1.38 bits per heavy atom. The van der Waals surface area contributed by atoms with Gasteiger partial charge < -0.3 is 9.84 Å². The van der Waals surface area contributed by atoms with Crippen LogP contribution in [0.25, 0.3) is 0 Å². The molecule has 4 heteroatoms. The smallest absolute Gasteiger partial charge is 0.311 e. The fourth-order valence-corrected chi connectivity index (χ4v) is 3.51. The van der Waals surface area contributed by atoms with E-state index in [9.17, 15) is 9.59 Å². The molecule has 0 amide bonds. The first-order chi connectivity index (χ1) is 14.2. The molecular weight excluding hydrogens is 364 g/mol. The molecule has 0 saturated carbocycles. The maximum Gasteiger partial charge on any atom is 0.311 e. The van der Waals surface area contributed by atoms with Gasteiger partial charge in [0.2, 0.25) is 0 Å². The minimum Gasteiger partial charge on any atom is -0.481 e. The summed E-state index contributed by atoms with van der Waals surface area (Å²) in [6.07, 6.45) is 18.9. The summed E-state index contributed by atoms with van der Waals surface area (Å²) in [5.74, 6) is -0.168. The zero-order chi connectivity index (χ0) is 21.0. The highest BCUT2D eigenvalue weighted by molar-refractivity contribution is 5.72. The van der Waals surface area contributed by atoms with Crippen molar-refractivity contribution in [2.45, 2.75) is 109 Å². The van der Waals surface area contributed by atoms with Crippen molar-refractivity contribution in [3.05, 3.63) is 30.3 Å². The highest BCUT2D eigenvalue weighted by atomic mass is 16.5. The van der Waals surface area contributed by atoms with Crippen LogP contribution in [0.5, 0.6) is 5.75 Å². The molecule has 0 bridgehead atoms. The lowest BCUT2D eigenvalue weighted by Gasteiger charge is -2.05. The molecule has 0 spiro atoms. The number of rotatable bonds is 19. The van der Waals surface area contributed by atoms with Gasteiger partial charge in [-0.3, -0.25) is 9.59 Å². The highest BCUT2D eigenvalue weighted by Gasteiger charge is 2.04. The van der Waals surface area contributed by atoms with Crippen molar-refractivity contribution in [2.24, 2.45) is 0 Å². The van der Waals surface area contributed by atoms with Crippen LogP contribution in [-0.2, 0) is 9.59 Å². The fraction of sp³-hybridized carbons (Fsp3) is 0.680. The van der Waals surface area contributed by atoms with Crippen LogP contribution in [0.2, 0.25) is 0 Å². The van der Waals surface area contributed by atoms with Gasteiger partial charge >= 0.3 is 11.9 Å². The van der Waals surface area contributed by atoms with Crippen LogP contribution < -0.4 is 4.74 Å². The number of hydrogen-bond donors (Lipinski definition) is 1. The molecule has 0 aromatic heterocycles. The molecule has 0 aliphatic carbocycles. The van der Waals surface area contributed by atoms with Crippen LogP contribution in [-0.4, -0.2) is 17.0 Å². The zero-order valence-electron chi connectivity index (χ0n) is 18.1. The number of carbonyl (C=O) groups is 2. The normalized spacial score (nSPS) is 10.8. The number of carboxylic acids is 1. The van der Waals surface area contributed by atoms with Crippen LogP contribution >= 0.6 is 0 Å². The standard InChI is InChI=1S/C25H40O4/c26-24(27)21-17-12-10-8-6-4-2-1-3-5-7-9-11-13-18-22-25(28)29-23-19-15-14-16-20-23/h14-16,19-20H,1-13,17-18,21-22H2,(H,26,27). The lowest BCUT2D eigenvalue weighted by molar-refractivity contribution is -0.137. The zero-order valence-corrected chi connectivity index (χ0v) is 18.1. The predicted octanol–water partition coefficient (Wildman–Crippen LogP) is 7.31. The molecule has 0 radical (unpaired) electrons. The SMILES string of the molecule is O=C(O)CCCCCCCCCCCCCCCCCC(=O)Oc1ccccc1. The number of ether oxygens (including phenoxy) is 1. The molecule has 1 N–H and O–H groups in total. The minimum absolute atomic E-state index is 0.128. The monoisotopic (exact) mass is 404 g/mol. The van der Waals surface area contributed by atoms with Crippen molar-refractivity contribution in [1.29, 1.82) is 0 Å². The Labute approximate surface area is 177 Å². The third-order valence-corrected chi connectivity index (χ3v) is 5.25. The first-order valence-electron chi connectivity index (χ1n) is 11.7. The summed E-state index contributed by atoms with van der Waals surface area (Å²) >= 11 is 0. The highest BCUT2D eigenvalue weighted by Crippen LogP contribution is 2.15. The first-order valence-corrected chi connectivity index (χ1v) is 11.7. The van der Waals surface area contributed by atoms with E-state index in [-0.39, 0.29) is 5.97 Å². The molecule has 1 aromatic rings. The third-order valence-electron chi connectivity index (χ3n) is 5.25. The third kappa shape index (κ3) is 16.8. The summed E-state index contributed by atoms with van der Waals surface area (Å²) in [4.78, 5) is 22.2. The Morgan fingerprint density at radius 2 is 0.966 bits per heavy atom. The van der Waals surface area contributed by atoms with Crippen LogP contribution in [0.1, 0.15) is 109 Å². The molecular formula is C25H40O4. The molecule has 0 unspecified atom stereocenters. The van der Waals surface area contributed by atoms with E-state index in [1.807, 2.05) is 30.3 Å². The van der Waals surface area contributed by atoms with Gasteiger partial charge in [0.05, 0.1) is 0 Å². The van der Waals surface area contributed by atoms with Gasteiger partial charge in [-0.15, -0.1) is 0 Å². The maximum atomic E-state index is 11.7. The second kappa shape index (κ2) is 18.2. The van der Waals surface area contributed by atoms with Crippen molar-refractivity contribution in [3.63, 3.8) is 0 Å². The van der Waals surface area contributed by atoms with E-state index in [0.717, 1.165) is 25.7 Å². The lowest BCUT2D eigenvalue weighted by Crippen LogP contribution is -2.07. The molecule has 1 aromatic carbocycles. The van der Waals surface area contributed by atoms with E-state index in [1.54, 1.807) is 0 Å². The van der Waals surface area contributed by atoms with Crippen molar-refractivity contribution in [1.82, 2.24) is 0 Å². The largest absolute Gasteiger partial charge is 0.481 e. The molecule has 0 atom stereocenters. The van der Waals surface area contributed by atoms with Gasteiger partial charge in [-0.1, -0.05) is 102 Å². The van der Waals surface area contributed by atoms with E-state index in [2.05, 4.69) is 0 Å². The quantitative estimate of drug-likeness (QED) is 0.149. The Hall–Kier alpha value is -1.84. The van der Waals surface area contributed by atoms with Crippen molar-refractivity contribution in [3.8, 4) is 5.75 Å². The number of carboxylic acid groups (broad SMARTS) is 1. The number of hydrogen-bond acceptors (Lipinski definition) is 3. The van der Waals surface area contributed by atoms with Crippen LogP contribution in [0, 0.1) is 0 Å². The molecule has 0 heterocycles. The summed E-state index contributed by atoms with van der Waals surface area (Å²) in [5, 5.41) is 8.58.